The maximum Gasteiger partial charge on any atom is 0.264 e. The number of fused-ring (bicyclic) bond motifs is 2. The standard InChI is InChI=1S/C20H22N2O2S/c1-12-6-13(2)11-22(10-12)20(23)18-9-15-7-14-8-16(24-3)4-5-17(14)21-19(15)25-18/h4-5,7-9,12-13H,6,10-11H2,1-3H3/t12-,13+. The molecule has 5 heteroatoms. The summed E-state index contributed by atoms with van der Waals surface area (Å²) >= 11 is 1.49. The lowest BCUT2D eigenvalue weighted by Gasteiger charge is -2.34. The van der Waals surface area contributed by atoms with Crippen molar-refractivity contribution in [1.82, 2.24) is 9.88 Å². The Kier molecular flexibility index (Phi) is 4.12. The fourth-order valence-electron chi connectivity index (χ4n) is 3.83. The van der Waals surface area contributed by atoms with Crippen LogP contribution in [-0.4, -0.2) is 36.0 Å². The number of rotatable bonds is 2. The van der Waals surface area contributed by atoms with Gasteiger partial charge < -0.3 is 9.64 Å². The lowest BCUT2D eigenvalue weighted by Crippen LogP contribution is -2.42. The molecule has 2 atom stereocenters. The van der Waals surface area contributed by atoms with E-state index in [2.05, 4.69) is 19.9 Å². The molecule has 4 nitrogen and oxygen atoms in total. The molecule has 25 heavy (non-hydrogen) atoms. The number of aromatic nitrogens is 1. The van der Waals surface area contributed by atoms with Crippen LogP contribution in [0.2, 0.25) is 0 Å². The second-order valence-electron chi connectivity index (χ2n) is 7.21. The summed E-state index contributed by atoms with van der Waals surface area (Å²) in [5.41, 5.74) is 0.925. The van der Waals surface area contributed by atoms with Crippen molar-refractivity contribution in [3.05, 3.63) is 35.2 Å². The summed E-state index contributed by atoms with van der Waals surface area (Å²) in [6.07, 6.45) is 1.20. The van der Waals surface area contributed by atoms with Gasteiger partial charge in [0, 0.05) is 23.9 Å². The van der Waals surface area contributed by atoms with Gasteiger partial charge in [-0.15, -0.1) is 11.3 Å². The van der Waals surface area contributed by atoms with Gasteiger partial charge in [-0.2, -0.15) is 0 Å². The first-order valence-electron chi connectivity index (χ1n) is 8.71. The van der Waals surface area contributed by atoms with E-state index < -0.39 is 0 Å². The summed E-state index contributed by atoms with van der Waals surface area (Å²) in [6, 6.07) is 9.93. The Morgan fingerprint density at radius 3 is 2.64 bits per heavy atom. The largest absolute Gasteiger partial charge is 0.497 e. The van der Waals surface area contributed by atoms with E-state index >= 15 is 0 Å². The molecule has 0 unspecified atom stereocenters. The van der Waals surface area contributed by atoms with E-state index in [0.717, 1.165) is 44.8 Å². The molecule has 1 aliphatic rings. The second kappa shape index (κ2) is 6.30. The van der Waals surface area contributed by atoms with Crippen LogP contribution in [0, 0.1) is 11.8 Å². The van der Waals surface area contributed by atoms with Gasteiger partial charge in [-0.05, 0) is 48.6 Å². The van der Waals surface area contributed by atoms with Gasteiger partial charge in [-0.3, -0.25) is 4.79 Å². The molecule has 0 saturated carbocycles. The van der Waals surface area contributed by atoms with Crippen LogP contribution < -0.4 is 4.74 Å². The summed E-state index contributed by atoms with van der Waals surface area (Å²) < 4.78 is 5.29. The van der Waals surface area contributed by atoms with Crippen molar-refractivity contribution in [2.75, 3.05) is 20.2 Å². The van der Waals surface area contributed by atoms with Gasteiger partial charge in [0.15, 0.2) is 0 Å². The average Bonchev–Trinajstić information content (AvgIpc) is 3.00. The third-order valence-electron chi connectivity index (χ3n) is 4.87. The monoisotopic (exact) mass is 354 g/mol. The molecule has 1 amide bonds. The predicted molar refractivity (Wildman–Crippen MR) is 103 cm³/mol. The Morgan fingerprint density at radius 2 is 1.92 bits per heavy atom. The van der Waals surface area contributed by atoms with E-state index in [0.29, 0.717) is 11.8 Å². The van der Waals surface area contributed by atoms with Crippen molar-refractivity contribution < 1.29 is 9.53 Å². The molecular weight excluding hydrogens is 332 g/mol. The lowest BCUT2D eigenvalue weighted by atomic mass is 9.92. The lowest BCUT2D eigenvalue weighted by molar-refractivity contribution is 0.0628. The first-order chi connectivity index (χ1) is 12.0. The van der Waals surface area contributed by atoms with Crippen LogP contribution in [0.25, 0.3) is 21.1 Å². The normalized spacial score (nSPS) is 21.0. The van der Waals surface area contributed by atoms with E-state index in [9.17, 15) is 4.79 Å². The molecule has 1 fully saturated rings. The van der Waals surface area contributed by atoms with E-state index in [1.54, 1.807) is 7.11 Å². The van der Waals surface area contributed by atoms with Gasteiger partial charge in [-0.25, -0.2) is 4.98 Å². The van der Waals surface area contributed by atoms with Crippen LogP contribution in [-0.2, 0) is 0 Å². The third-order valence-corrected chi connectivity index (χ3v) is 5.91. The van der Waals surface area contributed by atoms with Gasteiger partial charge >= 0.3 is 0 Å². The molecule has 3 aromatic rings. The molecule has 3 heterocycles. The summed E-state index contributed by atoms with van der Waals surface area (Å²) in [5.74, 6) is 2.09. The highest BCUT2D eigenvalue weighted by atomic mass is 32.1. The number of likely N-dealkylation sites (tertiary alicyclic amines) is 1. The van der Waals surface area contributed by atoms with Crippen molar-refractivity contribution in [2.24, 2.45) is 11.8 Å². The highest BCUT2D eigenvalue weighted by molar-refractivity contribution is 7.20. The van der Waals surface area contributed by atoms with Crippen molar-refractivity contribution in [2.45, 2.75) is 20.3 Å². The molecule has 0 radical (unpaired) electrons. The predicted octanol–water partition coefficient (Wildman–Crippen LogP) is 4.58. The SMILES string of the molecule is COc1ccc2nc3sc(C(=O)N4C[C@H](C)C[C@H](C)C4)cc3cc2c1. The molecule has 1 aliphatic heterocycles. The zero-order valence-corrected chi connectivity index (χ0v) is 15.6. The van der Waals surface area contributed by atoms with Gasteiger partial charge in [0.25, 0.3) is 5.91 Å². The summed E-state index contributed by atoms with van der Waals surface area (Å²) in [7, 11) is 1.66. The summed E-state index contributed by atoms with van der Waals surface area (Å²) in [5, 5.41) is 2.05. The Balaban J connectivity index is 1.70. The number of thiophene rings is 1. The molecule has 1 saturated heterocycles. The number of benzene rings is 1. The van der Waals surface area contributed by atoms with Crippen molar-refractivity contribution >= 4 is 38.4 Å². The number of piperidine rings is 1. The van der Waals surface area contributed by atoms with Crippen molar-refractivity contribution in [3.8, 4) is 5.75 Å². The van der Waals surface area contributed by atoms with Crippen LogP contribution in [0.3, 0.4) is 0 Å². The number of amides is 1. The van der Waals surface area contributed by atoms with Crippen LogP contribution in [0.1, 0.15) is 29.9 Å². The average molecular weight is 354 g/mol. The van der Waals surface area contributed by atoms with Gasteiger partial charge in [-0.1, -0.05) is 13.8 Å². The number of ether oxygens (including phenoxy) is 1. The highest BCUT2D eigenvalue weighted by Gasteiger charge is 2.27. The van der Waals surface area contributed by atoms with Gasteiger partial charge in [0.1, 0.15) is 10.6 Å². The Labute approximate surface area is 151 Å². The number of methoxy groups -OCH3 is 1. The van der Waals surface area contributed by atoms with Crippen LogP contribution in [0.5, 0.6) is 5.75 Å². The second-order valence-corrected chi connectivity index (χ2v) is 8.24. The molecule has 130 valence electrons. The van der Waals surface area contributed by atoms with Gasteiger partial charge in [0.2, 0.25) is 0 Å². The number of nitrogens with zero attached hydrogens (tertiary/aromatic N) is 2. The number of carbonyl (C=O) groups excluding carboxylic acids is 1. The molecule has 2 aromatic heterocycles. The molecule has 0 N–H and O–H groups in total. The van der Waals surface area contributed by atoms with Crippen molar-refractivity contribution in [1.29, 1.82) is 0 Å². The topological polar surface area (TPSA) is 42.4 Å². The smallest absolute Gasteiger partial charge is 0.264 e. The molecule has 0 spiro atoms. The Bertz CT molecular complexity index is 939. The quantitative estimate of drug-likeness (QED) is 0.677. The molecule has 4 rings (SSSR count). The van der Waals surface area contributed by atoms with Crippen LogP contribution >= 0.6 is 11.3 Å². The molecule has 0 bridgehead atoms. The number of pyridine rings is 1. The maximum atomic E-state index is 12.9. The number of hydrogen-bond acceptors (Lipinski definition) is 4. The fourth-order valence-corrected chi connectivity index (χ4v) is 4.82. The first kappa shape index (κ1) is 16.3. The fraction of sp³-hybridized carbons (Fsp3) is 0.400. The minimum Gasteiger partial charge on any atom is -0.497 e. The minimum atomic E-state index is 0.142. The van der Waals surface area contributed by atoms with E-state index in [-0.39, 0.29) is 5.91 Å². The highest BCUT2D eigenvalue weighted by Crippen LogP contribution is 2.31. The first-order valence-corrected chi connectivity index (χ1v) is 9.52. The van der Waals surface area contributed by atoms with Crippen molar-refractivity contribution in [3.63, 3.8) is 0 Å². The van der Waals surface area contributed by atoms with Gasteiger partial charge in [0.05, 0.1) is 17.5 Å². The summed E-state index contributed by atoms with van der Waals surface area (Å²) in [4.78, 5) is 21.4. The zero-order valence-electron chi connectivity index (χ0n) is 14.8. The third kappa shape index (κ3) is 3.09. The molecule has 0 aliphatic carbocycles. The Morgan fingerprint density at radius 1 is 1.16 bits per heavy atom. The maximum absolute atomic E-state index is 12.9. The number of hydrogen-bond donors (Lipinski definition) is 0. The van der Waals surface area contributed by atoms with E-state index in [1.807, 2.05) is 29.2 Å². The Hall–Kier alpha value is -2.14. The summed E-state index contributed by atoms with van der Waals surface area (Å²) in [6.45, 7) is 6.15. The van der Waals surface area contributed by atoms with Crippen LogP contribution in [0.15, 0.2) is 30.3 Å². The number of carbonyl (C=O) groups is 1. The zero-order chi connectivity index (χ0) is 17.6. The van der Waals surface area contributed by atoms with Crippen LogP contribution in [0.4, 0.5) is 0 Å². The molecule has 1 aromatic carbocycles. The minimum absolute atomic E-state index is 0.142. The van der Waals surface area contributed by atoms with E-state index in [1.165, 1.54) is 17.8 Å². The molecular formula is C20H22N2O2S. The van der Waals surface area contributed by atoms with E-state index in [4.69, 9.17) is 9.72 Å².